The lowest BCUT2D eigenvalue weighted by Gasteiger charge is -2.19. The predicted octanol–water partition coefficient (Wildman–Crippen LogP) is 15.3. The first-order valence-corrected chi connectivity index (χ1v) is 30.1. The number of ether oxygens (including phenoxy) is 4. The quantitative estimate of drug-likeness (QED) is 0.0539. The van der Waals surface area contributed by atoms with Gasteiger partial charge in [0.05, 0.1) is 85.1 Å². The third kappa shape index (κ3) is 10.2. The minimum atomic E-state index is -0.220. The Morgan fingerprint density at radius 2 is 0.568 bits per heavy atom. The van der Waals surface area contributed by atoms with Crippen LogP contribution in [-0.4, -0.2) is 72.0 Å². The largest absolute Gasteiger partial charge is 0.496 e. The van der Waals surface area contributed by atoms with E-state index in [-0.39, 0.29) is 69.0 Å². The van der Waals surface area contributed by atoms with Crippen molar-refractivity contribution in [2.24, 2.45) is 45.3 Å². The van der Waals surface area contributed by atoms with Gasteiger partial charge >= 0.3 is 0 Å². The maximum absolute atomic E-state index is 14.4. The molecule has 0 radical (unpaired) electrons. The number of carbonyl (C=O) groups excluding carboxylic acids is 4. The summed E-state index contributed by atoms with van der Waals surface area (Å²) in [6.45, 7) is 16.7. The zero-order chi connectivity index (χ0) is 61.9. The molecule has 4 unspecified atom stereocenters. The number of H-pyrrole nitrogens is 2. The summed E-state index contributed by atoms with van der Waals surface area (Å²) in [7, 11) is 6.45. The number of nitrogens with zero attached hydrogens (tertiary/aromatic N) is 2. The summed E-state index contributed by atoms with van der Waals surface area (Å²) in [5, 5.41) is 13.3. The van der Waals surface area contributed by atoms with Crippen LogP contribution >= 0.6 is 0 Å². The first-order chi connectivity index (χ1) is 42.0. The lowest BCUT2D eigenvalue weighted by molar-refractivity contribution is -0.118. The molecule has 88 heavy (non-hydrogen) atoms. The number of amides is 4. The molecular formula is C72H74N8O8. The van der Waals surface area contributed by atoms with E-state index in [2.05, 4.69) is 86.6 Å². The summed E-state index contributed by atoms with van der Waals surface area (Å²) < 4.78 is 24.8. The molecule has 7 aromatic rings. The zero-order valence-electron chi connectivity index (χ0n) is 51.8. The van der Waals surface area contributed by atoms with Gasteiger partial charge in [-0.1, -0.05) is 79.7 Å². The molecule has 13 rings (SSSR count). The molecule has 4 amide bonds. The van der Waals surface area contributed by atoms with Crippen molar-refractivity contribution in [3.63, 3.8) is 0 Å². The third-order valence-corrected chi connectivity index (χ3v) is 19.1. The van der Waals surface area contributed by atoms with Crippen LogP contribution in [0.15, 0.2) is 97.1 Å². The summed E-state index contributed by atoms with van der Waals surface area (Å²) in [5.41, 5.74) is 10.4. The lowest BCUT2D eigenvalue weighted by Crippen LogP contribution is -2.19. The summed E-state index contributed by atoms with van der Waals surface area (Å²) in [5.74, 6) is 0.678. The number of hydrogen-bond acceptors (Lipinski definition) is 10. The van der Waals surface area contributed by atoms with Crippen molar-refractivity contribution < 1.29 is 38.1 Å². The van der Waals surface area contributed by atoms with Crippen LogP contribution in [0.4, 0.5) is 22.7 Å². The molecule has 0 saturated heterocycles. The normalized spacial score (nSPS) is 19.9. The van der Waals surface area contributed by atoms with Crippen molar-refractivity contribution in [2.75, 3.05) is 49.7 Å². The fourth-order valence-corrected chi connectivity index (χ4v) is 13.1. The first kappa shape index (κ1) is 57.6. The van der Waals surface area contributed by atoms with Crippen LogP contribution in [0.25, 0.3) is 90.9 Å². The Hall–Kier alpha value is -9.44. The highest BCUT2D eigenvalue weighted by molar-refractivity contribution is 6.12. The number of benzene rings is 4. The predicted molar refractivity (Wildman–Crippen MR) is 349 cm³/mol. The standard InChI is InChI=1S/C72H74N8O8/c1-69(2)33-37(69)65(81)77-41-17-13-18-42(78-66(82)38-34-70(38,3)4)57(41)59-45-25-29-49(73-45)61(63-53(85-9)21-15-22-54(63)86-10)51-31-27-47(75-51)60(48-28-32-52(76-48)62(50-30-26-46(59)74-50)64-55(87-11)23-16-24-56(64)88-12)58-43(79-67(83)39-35-71(39,5)6)19-14-20-44(58)80-68(84)40-36-72(40,7)8/h13-32,37-40,73,76H,33-36H2,1-12H3,(H,77,81)(H,78,82)(H,79,83)(H,80,84). The van der Waals surface area contributed by atoms with Gasteiger partial charge in [-0.25, -0.2) is 9.97 Å². The van der Waals surface area contributed by atoms with Gasteiger partial charge in [-0.3, -0.25) is 19.2 Å². The molecular weight excluding hydrogens is 1100 g/mol. The van der Waals surface area contributed by atoms with E-state index >= 15 is 0 Å². The number of aromatic nitrogens is 4. The molecule has 2 aliphatic heterocycles. The number of hydrogen-bond donors (Lipinski definition) is 6. The molecule has 16 heteroatoms. The maximum atomic E-state index is 14.4. The second kappa shape index (κ2) is 21.2. The van der Waals surface area contributed by atoms with Crippen LogP contribution in [0, 0.1) is 45.3 Å². The number of nitrogens with one attached hydrogen (secondary N) is 6. The number of aromatic amines is 2. The van der Waals surface area contributed by atoms with E-state index < -0.39 is 0 Å². The van der Waals surface area contributed by atoms with Gasteiger partial charge in [-0.05, 0) is 144 Å². The van der Waals surface area contributed by atoms with E-state index in [1.807, 2.05) is 121 Å². The molecule has 450 valence electrons. The third-order valence-electron chi connectivity index (χ3n) is 19.1. The Kier molecular flexibility index (Phi) is 13.9. The monoisotopic (exact) mass is 1180 g/mol. The minimum Gasteiger partial charge on any atom is -0.496 e. The number of rotatable bonds is 16. The summed E-state index contributed by atoms with van der Waals surface area (Å²) in [4.78, 5) is 76.6. The fourth-order valence-electron chi connectivity index (χ4n) is 13.1. The molecule has 3 aromatic heterocycles. The molecule has 4 aromatic carbocycles. The van der Waals surface area contributed by atoms with Crippen LogP contribution in [0.5, 0.6) is 23.0 Å². The number of fused-ring (bicyclic) bond motifs is 8. The number of anilines is 4. The Labute approximate surface area is 512 Å². The highest BCUT2D eigenvalue weighted by Gasteiger charge is 2.53. The Morgan fingerprint density at radius 3 is 0.784 bits per heavy atom. The highest BCUT2D eigenvalue weighted by atomic mass is 16.5. The molecule has 8 bridgehead atoms. The lowest BCUT2D eigenvalue weighted by atomic mass is 9.98. The molecule has 0 spiro atoms. The maximum Gasteiger partial charge on any atom is 0.228 e. The van der Waals surface area contributed by atoms with Gasteiger partial charge in [0.25, 0.3) is 0 Å². The number of methoxy groups -OCH3 is 4. The van der Waals surface area contributed by atoms with Crippen LogP contribution in [0.3, 0.4) is 0 Å². The SMILES string of the molecule is COc1cccc(OC)c1-c1c2nc(c(-c3c(NC(=O)C4CC4(C)C)cccc3NC(=O)C3CC3(C)C)c3ccc([nH]3)c(-c3c(OC)cccc3OC)c3nc(c(-c4c(NC(=O)C5CC5(C)C)cccc4NC(=O)C4CC4(C)C)c4ccc1[nH]4)C=C3)C=C2. The highest BCUT2D eigenvalue weighted by Crippen LogP contribution is 2.57. The smallest absolute Gasteiger partial charge is 0.228 e. The average Bonchev–Trinajstić information content (AvgIpc) is 1.85. The van der Waals surface area contributed by atoms with Crippen molar-refractivity contribution in [3.8, 4) is 67.5 Å². The zero-order valence-corrected chi connectivity index (χ0v) is 51.8. The molecule has 6 N–H and O–H groups in total. The summed E-state index contributed by atoms with van der Waals surface area (Å²) in [6, 6.07) is 30.3. The second-order valence-electron chi connectivity index (χ2n) is 27.0. The van der Waals surface area contributed by atoms with Crippen molar-refractivity contribution in [3.05, 3.63) is 120 Å². The van der Waals surface area contributed by atoms with E-state index in [0.29, 0.717) is 135 Å². The molecule has 4 aliphatic carbocycles. The molecule has 4 atom stereocenters. The van der Waals surface area contributed by atoms with E-state index in [1.54, 1.807) is 28.4 Å². The van der Waals surface area contributed by atoms with Gasteiger partial charge in [-0.2, -0.15) is 0 Å². The Balaban J connectivity index is 1.18. The van der Waals surface area contributed by atoms with Crippen LogP contribution in [0.1, 0.15) is 104 Å². The van der Waals surface area contributed by atoms with E-state index in [0.717, 1.165) is 25.7 Å². The van der Waals surface area contributed by atoms with E-state index in [4.69, 9.17) is 28.9 Å². The Bertz CT molecular complexity index is 3940. The number of carbonyl (C=O) groups is 4. The van der Waals surface area contributed by atoms with Gasteiger partial charge in [0.2, 0.25) is 23.6 Å². The van der Waals surface area contributed by atoms with Gasteiger partial charge in [0, 0.05) is 79.1 Å². The van der Waals surface area contributed by atoms with Gasteiger partial charge in [-0.15, -0.1) is 0 Å². The van der Waals surface area contributed by atoms with Crippen LogP contribution in [0.2, 0.25) is 0 Å². The van der Waals surface area contributed by atoms with Crippen LogP contribution < -0.4 is 40.2 Å². The van der Waals surface area contributed by atoms with Crippen molar-refractivity contribution >= 4 is 92.7 Å². The average molecular weight is 1180 g/mol. The van der Waals surface area contributed by atoms with Gasteiger partial charge < -0.3 is 50.2 Å². The van der Waals surface area contributed by atoms with Crippen molar-refractivity contribution in [1.82, 2.24) is 19.9 Å². The molecule has 16 nitrogen and oxygen atoms in total. The van der Waals surface area contributed by atoms with Gasteiger partial charge in [0.1, 0.15) is 23.0 Å². The minimum absolute atomic E-state index is 0.122. The van der Waals surface area contributed by atoms with E-state index in [9.17, 15) is 19.2 Å². The summed E-state index contributed by atoms with van der Waals surface area (Å²) >= 11 is 0. The van der Waals surface area contributed by atoms with Crippen molar-refractivity contribution in [1.29, 1.82) is 0 Å². The second-order valence-corrected chi connectivity index (χ2v) is 27.0. The first-order valence-electron chi connectivity index (χ1n) is 30.1. The fraction of sp³-hybridized carbons (Fsp3) is 0.333. The van der Waals surface area contributed by atoms with Crippen LogP contribution in [-0.2, 0) is 19.2 Å². The topological polar surface area (TPSA) is 211 Å². The van der Waals surface area contributed by atoms with Crippen molar-refractivity contribution in [2.45, 2.75) is 81.1 Å². The molecule has 5 heterocycles. The molecule has 4 fully saturated rings. The Morgan fingerprint density at radius 1 is 0.352 bits per heavy atom. The molecule has 4 saturated carbocycles. The van der Waals surface area contributed by atoms with E-state index in [1.165, 1.54) is 0 Å². The van der Waals surface area contributed by atoms with Gasteiger partial charge in [0.15, 0.2) is 0 Å². The molecule has 6 aliphatic rings. The summed E-state index contributed by atoms with van der Waals surface area (Å²) in [6.07, 6.45) is 10.7.